The summed E-state index contributed by atoms with van der Waals surface area (Å²) in [7, 11) is -1.25. The van der Waals surface area contributed by atoms with Gasteiger partial charge in [0.2, 0.25) is 5.91 Å². The maximum Gasteiger partial charge on any atom is 0.264 e. The van der Waals surface area contributed by atoms with Gasteiger partial charge in [0.15, 0.2) is 0 Å². The molecule has 2 aromatic rings. The van der Waals surface area contributed by atoms with E-state index in [0.29, 0.717) is 6.54 Å². The maximum atomic E-state index is 12.1. The standard InChI is InChI=1S/C18H22N4O5S/c1-22(27-2)28(25,26)16-5-3-15(4-6-16)18(24)20-12-9-17(23)21-13-14-7-10-19-11-8-14/h3-8,10-11H,9,12-13H2,1-2H3,(H,20,24)(H,21,23). The number of hydroxylamine groups is 1. The van der Waals surface area contributed by atoms with Gasteiger partial charge in [0.25, 0.3) is 15.9 Å². The highest BCUT2D eigenvalue weighted by Gasteiger charge is 2.20. The molecule has 10 heteroatoms. The first-order valence-corrected chi connectivity index (χ1v) is 9.85. The number of hydrogen-bond acceptors (Lipinski definition) is 6. The Bertz CT molecular complexity index is 901. The maximum absolute atomic E-state index is 12.1. The number of aromatic nitrogens is 1. The van der Waals surface area contributed by atoms with Crippen molar-refractivity contribution in [3.05, 3.63) is 59.9 Å². The van der Waals surface area contributed by atoms with Gasteiger partial charge >= 0.3 is 0 Å². The molecule has 0 spiro atoms. The summed E-state index contributed by atoms with van der Waals surface area (Å²) >= 11 is 0. The summed E-state index contributed by atoms with van der Waals surface area (Å²) in [6, 6.07) is 9.04. The minimum Gasteiger partial charge on any atom is -0.352 e. The fourth-order valence-corrected chi connectivity index (χ4v) is 3.18. The molecule has 9 nitrogen and oxygen atoms in total. The summed E-state index contributed by atoms with van der Waals surface area (Å²) in [5.74, 6) is -0.591. The first-order chi connectivity index (χ1) is 13.3. The van der Waals surface area contributed by atoms with Gasteiger partial charge in [-0.25, -0.2) is 8.42 Å². The predicted octanol–water partition coefficient (Wildman–Crippen LogP) is 0.700. The zero-order valence-corrected chi connectivity index (χ0v) is 16.4. The van der Waals surface area contributed by atoms with Crippen LogP contribution in [-0.4, -0.2) is 50.4 Å². The molecule has 0 saturated heterocycles. The molecule has 0 fully saturated rings. The van der Waals surface area contributed by atoms with Crippen LogP contribution in [0.5, 0.6) is 0 Å². The molecule has 2 rings (SSSR count). The van der Waals surface area contributed by atoms with Gasteiger partial charge < -0.3 is 10.6 Å². The second-order valence-electron chi connectivity index (χ2n) is 5.76. The molecule has 0 radical (unpaired) electrons. The van der Waals surface area contributed by atoms with Crippen LogP contribution in [0.3, 0.4) is 0 Å². The first-order valence-electron chi connectivity index (χ1n) is 8.41. The van der Waals surface area contributed by atoms with Gasteiger partial charge in [-0.05, 0) is 42.0 Å². The Morgan fingerprint density at radius 1 is 1.07 bits per heavy atom. The minimum absolute atomic E-state index is 0.00360. The van der Waals surface area contributed by atoms with Crippen molar-refractivity contribution in [3.63, 3.8) is 0 Å². The molecule has 0 aliphatic heterocycles. The number of carbonyl (C=O) groups excluding carboxylic acids is 2. The van der Waals surface area contributed by atoms with Crippen LogP contribution in [0.4, 0.5) is 0 Å². The third kappa shape index (κ3) is 5.84. The number of nitrogens with zero attached hydrogens (tertiary/aromatic N) is 2. The lowest BCUT2D eigenvalue weighted by Gasteiger charge is -2.14. The van der Waals surface area contributed by atoms with Crippen molar-refractivity contribution < 1.29 is 22.8 Å². The lowest BCUT2D eigenvalue weighted by Crippen LogP contribution is -2.30. The number of benzene rings is 1. The summed E-state index contributed by atoms with van der Waals surface area (Å²) in [4.78, 5) is 32.5. The minimum atomic E-state index is -3.77. The molecule has 1 aromatic carbocycles. The Balaban J connectivity index is 1.80. The fraction of sp³-hybridized carbons (Fsp3) is 0.278. The van der Waals surface area contributed by atoms with E-state index < -0.39 is 15.9 Å². The van der Waals surface area contributed by atoms with Gasteiger partial charge in [0.05, 0.1) is 12.0 Å². The highest BCUT2D eigenvalue weighted by Crippen LogP contribution is 2.15. The van der Waals surface area contributed by atoms with Gasteiger partial charge in [-0.15, -0.1) is 0 Å². The van der Waals surface area contributed by atoms with E-state index in [2.05, 4.69) is 15.6 Å². The van der Waals surface area contributed by atoms with Crippen molar-refractivity contribution in [2.24, 2.45) is 0 Å². The Labute approximate surface area is 163 Å². The van der Waals surface area contributed by atoms with E-state index in [0.717, 1.165) is 10.0 Å². The molecule has 28 heavy (non-hydrogen) atoms. The van der Waals surface area contributed by atoms with E-state index in [4.69, 9.17) is 4.84 Å². The predicted molar refractivity (Wildman–Crippen MR) is 101 cm³/mol. The van der Waals surface area contributed by atoms with Gasteiger partial charge in [-0.1, -0.05) is 4.47 Å². The van der Waals surface area contributed by atoms with E-state index in [9.17, 15) is 18.0 Å². The number of nitrogens with one attached hydrogen (secondary N) is 2. The second-order valence-corrected chi connectivity index (χ2v) is 7.70. The largest absolute Gasteiger partial charge is 0.352 e. The van der Waals surface area contributed by atoms with Crippen LogP contribution < -0.4 is 10.6 Å². The number of sulfonamides is 1. The Kier molecular flexibility index (Phi) is 7.61. The molecule has 0 atom stereocenters. The summed E-state index contributed by atoms with van der Waals surface area (Å²) in [5.41, 5.74) is 1.22. The third-order valence-corrected chi connectivity index (χ3v) is 5.58. The molecule has 2 amide bonds. The van der Waals surface area contributed by atoms with Crippen LogP contribution in [0.25, 0.3) is 0 Å². The highest BCUT2D eigenvalue weighted by atomic mass is 32.2. The first kappa shape index (κ1) is 21.5. The Hall–Kier alpha value is -2.82. The monoisotopic (exact) mass is 406 g/mol. The zero-order chi connectivity index (χ0) is 20.6. The summed E-state index contributed by atoms with van der Waals surface area (Å²) in [5, 5.41) is 5.38. The summed E-state index contributed by atoms with van der Waals surface area (Å²) in [6.45, 7) is 0.550. The van der Waals surface area contributed by atoms with Crippen molar-refractivity contribution in [2.45, 2.75) is 17.9 Å². The molecule has 0 saturated carbocycles. The van der Waals surface area contributed by atoms with E-state index in [1.165, 1.54) is 38.4 Å². The number of pyridine rings is 1. The van der Waals surface area contributed by atoms with E-state index in [1.54, 1.807) is 24.5 Å². The molecular weight excluding hydrogens is 384 g/mol. The molecule has 1 aromatic heterocycles. The van der Waals surface area contributed by atoms with E-state index in [-0.39, 0.29) is 29.3 Å². The van der Waals surface area contributed by atoms with Crippen molar-refractivity contribution in [3.8, 4) is 0 Å². The topological polar surface area (TPSA) is 118 Å². The number of rotatable bonds is 9. The number of amides is 2. The quantitative estimate of drug-likeness (QED) is 0.592. The van der Waals surface area contributed by atoms with Gasteiger partial charge in [0, 0.05) is 44.5 Å². The molecule has 0 aliphatic rings. The highest BCUT2D eigenvalue weighted by molar-refractivity contribution is 7.89. The molecule has 1 heterocycles. The smallest absolute Gasteiger partial charge is 0.264 e. The number of hydrogen-bond donors (Lipinski definition) is 2. The van der Waals surface area contributed by atoms with Gasteiger partial charge in [0.1, 0.15) is 0 Å². The third-order valence-electron chi connectivity index (χ3n) is 3.89. The summed E-state index contributed by atoms with van der Waals surface area (Å²) in [6.07, 6.45) is 3.42. The molecule has 0 unspecified atom stereocenters. The molecule has 150 valence electrons. The van der Waals surface area contributed by atoms with Crippen LogP contribution in [0, 0.1) is 0 Å². The lowest BCUT2D eigenvalue weighted by molar-refractivity contribution is -0.121. The van der Waals surface area contributed by atoms with Crippen LogP contribution in [0.2, 0.25) is 0 Å². The second kappa shape index (κ2) is 9.93. The average molecular weight is 406 g/mol. The van der Waals surface area contributed by atoms with Gasteiger partial charge in [-0.2, -0.15) is 0 Å². The molecule has 2 N–H and O–H groups in total. The van der Waals surface area contributed by atoms with Crippen LogP contribution in [-0.2, 0) is 26.2 Å². The lowest BCUT2D eigenvalue weighted by atomic mass is 10.2. The van der Waals surface area contributed by atoms with E-state index >= 15 is 0 Å². The van der Waals surface area contributed by atoms with Crippen molar-refractivity contribution >= 4 is 21.8 Å². The van der Waals surface area contributed by atoms with Crippen LogP contribution in [0.15, 0.2) is 53.7 Å². The fourth-order valence-electron chi connectivity index (χ4n) is 2.21. The Morgan fingerprint density at radius 3 is 2.32 bits per heavy atom. The zero-order valence-electron chi connectivity index (χ0n) is 15.6. The summed E-state index contributed by atoms with van der Waals surface area (Å²) < 4.78 is 24.9. The van der Waals surface area contributed by atoms with Crippen LogP contribution in [0.1, 0.15) is 22.3 Å². The average Bonchev–Trinajstić information content (AvgIpc) is 2.72. The molecule has 0 bridgehead atoms. The SMILES string of the molecule is CON(C)S(=O)(=O)c1ccc(C(=O)NCCC(=O)NCc2ccncc2)cc1. The van der Waals surface area contributed by atoms with Crippen molar-refractivity contribution in [2.75, 3.05) is 20.7 Å². The molecule has 0 aliphatic carbocycles. The van der Waals surface area contributed by atoms with Crippen molar-refractivity contribution in [1.82, 2.24) is 20.1 Å². The van der Waals surface area contributed by atoms with Crippen molar-refractivity contribution in [1.29, 1.82) is 0 Å². The van der Waals surface area contributed by atoms with E-state index in [1.807, 2.05) is 0 Å². The normalized spacial score (nSPS) is 11.2. The van der Waals surface area contributed by atoms with Gasteiger partial charge in [-0.3, -0.25) is 19.4 Å². The van der Waals surface area contributed by atoms with Crippen LogP contribution >= 0.6 is 0 Å². The molecular formula is C18H22N4O5S. The number of carbonyl (C=O) groups is 2. The Morgan fingerprint density at radius 2 is 1.71 bits per heavy atom.